The van der Waals surface area contributed by atoms with E-state index in [1.165, 1.54) is 0 Å². The fraction of sp³-hybridized carbons (Fsp3) is 0.571. The van der Waals surface area contributed by atoms with Gasteiger partial charge in [0, 0.05) is 38.9 Å². The van der Waals surface area contributed by atoms with Crippen LogP contribution in [0.25, 0.3) is 0 Å². The number of nitrogens with one attached hydrogen (secondary N) is 1. The maximum absolute atomic E-state index is 12.5. The van der Waals surface area contributed by atoms with Gasteiger partial charge in [-0.25, -0.2) is 4.98 Å². The monoisotopic (exact) mass is 296 g/mol. The Bertz CT molecular complexity index is 472. The molecule has 5 nitrogen and oxygen atoms in total. The fourth-order valence-electron chi connectivity index (χ4n) is 2.13. The third kappa shape index (κ3) is 3.61. The van der Waals surface area contributed by atoms with E-state index < -0.39 is 0 Å². The van der Waals surface area contributed by atoms with E-state index in [0.29, 0.717) is 16.4 Å². The van der Waals surface area contributed by atoms with Gasteiger partial charge in [-0.2, -0.15) is 0 Å². The number of hydrogen-bond acceptors (Lipinski definition) is 4. The van der Waals surface area contributed by atoms with Crippen LogP contribution in [0.2, 0.25) is 5.02 Å². The standard InChI is InChI=1S/C14H21ClN4O/c1-3-4-16-13-9-11(12(15)10-17-13)14(20)19-7-5-18(2)6-8-19/h9-10H,3-8H2,1-2H3,(H,16,17). The first-order valence-corrected chi connectivity index (χ1v) is 7.37. The molecule has 1 N–H and O–H groups in total. The highest BCUT2D eigenvalue weighted by atomic mass is 35.5. The fourth-order valence-corrected chi connectivity index (χ4v) is 2.32. The highest BCUT2D eigenvalue weighted by Crippen LogP contribution is 2.20. The summed E-state index contributed by atoms with van der Waals surface area (Å²) in [4.78, 5) is 20.8. The smallest absolute Gasteiger partial charge is 0.255 e. The van der Waals surface area contributed by atoms with Crippen LogP contribution in [0, 0.1) is 0 Å². The summed E-state index contributed by atoms with van der Waals surface area (Å²) in [7, 11) is 2.06. The van der Waals surface area contributed by atoms with Crippen molar-refractivity contribution in [1.29, 1.82) is 0 Å². The number of hydrogen-bond donors (Lipinski definition) is 1. The average Bonchev–Trinajstić information content (AvgIpc) is 2.46. The van der Waals surface area contributed by atoms with Crippen LogP contribution in [0.1, 0.15) is 23.7 Å². The second kappa shape index (κ2) is 6.90. The maximum atomic E-state index is 12.5. The van der Waals surface area contributed by atoms with E-state index in [2.05, 4.69) is 29.2 Å². The molecule has 1 amide bonds. The molecule has 6 heteroatoms. The van der Waals surface area contributed by atoms with Gasteiger partial charge < -0.3 is 15.1 Å². The van der Waals surface area contributed by atoms with Crippen LogP contribution in [0.5, 0.6) is 0 Å². The third-order valence-corrected chi connectivity index (χ3v) is 3.73. The third-order valence-electron chi connectivity index (χ3n) is 3.43. The molecule has 0 spiro atoms. The highest BCUT2D eigenvalue weighted by Gasteiger charge is 2.22. The maximum Gasteiger partial charge on any atom is 0.255 e. The molecule has 0 unspecified atom stereocenters. The molecule has 2 rings (SSSR count). The number of pyridine rings is 1. The number of piperazine rings is 1. The van der Waals surface area contributed by atoms with Crippen molar-refractivity contribution in [3.63, 3.8) is 0 Å². The zero-order valence-electron chi connectivity index (χ0n) is 12.0. The van der Waals surface area contributed by atoms with Gasteiger partial charge >= 0.3 is 0 Å². The Hall–Kier alpha value is -1.33. The Balaban J connectivity index is 2.12. The molecular weight excluding hydrogens is 276 g/mol. The Morgan fingerprint density at radius 3 is 2.75 bits per heavy atom. The van der Waals surface area contributed by atoms with E-state index in [9.17, 15) is 4.79 Å². The molecule has 0 bridgehead atoms. The molecule has 0 aromatic carbocycles. The summed E-state index contributed by atoms with van der Waals surface area (Å²) in [5, 5.41) is 3.59. The summed E-state index contributed by atoms with van der Waals surface area (Å²) < 4.78 is 0. The van der Waals surface area contributed by atoms with E-state index in [1.54, 1.807) is 12.3 Å². The Labute approximate surface area is 124 Å². The van der Waals surface area contributed by atoms with Gasteiger partial charge in [-0.1, -0.05) is 18.5 Å². The van der Waals surface area contributed by atoms with Gasteiger partial charge in [0.2, 0.25) is 0 Å². The number of halogens is 1. The first-order valence-electron chi connectivity index (χ1n) is 6.99. The minimum absolute atomic E-state index is 0.00921. The Morgan fingerprint density at radius 2 is 2.10 bits per heavy atom. The Morgan fingerprint density at radius 1 is 1.40 bits per heavy atom. The van der Waals surface area contributed by atoms with Gasteiger partial charge in [0.1, 0.15) is 5.82 Å². The number of rotatable bonds is 4. The summed E-state index contributed by atoms with van der Waals surface area (Å²) >= 11 is 6.12. The van der Waals surface area contributed by atoms with Crippen LogP contribution in [-0.4, -0.2) is 60.5 Å². The van der Waals surface area contributed by atoms with Gasteiger partial charge in [0.05, 0.1) is 10.6 Å². The first kappa shape index (κ1) is 15.1. The molecule has 1 aromatic heterocycles. The summed E-state index contributed by atoms with van der Waals surface area (Å²) in [6, 6.07) is 1.75. The van der Waals surface area contributed by atoms with Crippen molar-refractivity contribution < 1.29 is 4.79 Å². The van der Waals surface area contributed by atoms with E-state index in [1.807, 2.05) is 4.90 Å². The number of amides is 1. The summed E-state index contributed by atoms with van der Waals surface area (Å²) in [5.41, 5.74) is 0.532. The van der Waals surface area contributed by atoms with E-state index in [0.717, 1.165) is 39.1 Å². The van der Waals surface area contributed by atoms with Crippen molar-refractivity contribution in [1.82, 2.24) is 14.8 Å². The van der Waals surface area contributed by atoms with Crippen molar-refractivity contribution in [2.75, 3.05) is 45.1 Å². The number of nitrogens with zero attached hydrogens (tertiary/aromatic N) is 3. The quantitative estimate of drug-likeness (QED) is 0.922. The van der Waals surface area contributed by atoms with Gasteiger partial charge in [0.25, 0.3) is 5.91 Å². The second-order valence-electron chi connectivity index (χ2n) is 5.07. The summed E-state index contributed by atoms with van der Waals surface area (Å²) in [6.45, 7) is 6.19. The topological polar surface area (TPSA) is 48.5 Å². The number of carbonyl (C=O) groups excluding carboxylic acids is 1. The lowest BCUT2D eigenvalue weighted by Crippen LogP contribution is -2.47. The van der Waals surface area contributed by atoms with Crippen molar-refractivity contribution in [2.24, 2.45) is 0 Å². The SMILES string of the molecule is CCCNc1cc(C(=O)N2CCN(C)CC2)c(Cl)cn1. The van der Waals surface area contributed by atoms with Gasteiger partial charge in [-0.15, -0.1) is 0 Å². The molecule has 1 fully saturated rings. The number of likely N-dealkylation sites (N-methyl/N-ethyl adjacent to an activating group) is 1. The van der Waals surface area contributed by atoms with Crippen LogP contribution in [0.15, 0.2) is 12.3 Å². The van der Waals surface area contributed by atoms with Crippen LogP contribution in [0.4, 0.5) is 5.82 Å². The van der Waals surface area contributed by atoms with Crippen molar-refractivity contribution in [3.05, 3.63) is 22.8 Å². The largest absolute Gasteiger partial charge is 0.370 e. The lowest BCUT2D eigenvalue weighted by atomic mass is 10.2. The molecule has 0 atom stereocenters. The lowest BCUT2D eigenvalue weighted by molar-refractivity contribution is 0.0664. The van der Waals surface area contributed by atoms with Crippen molar-refractivity contribution >= 4 is 23.3 Å². The van der Waals surface area contributed by atoms with Crippen LogP contribution in [0.3, 0.4) is 0 Å². The van der Waals surface area contributed by atoms with Gasteiger partial charge in [-0.3, -0.25) is 4.79 Å². The summed E-state index contributed by atoms with van der Waals surface area (Å²) in [6.07, 6.45) is 2.55. The molecule has 1 aliphatic heterocycles. The lowest BCUT2D eigenvalue weighted by Gasteiger charge is -2.32. The molecule has 1 aliphatic rings. The predicted octanol–water partition coefficient (Wildman–Crippen LogP) is 1.94. The predicted molar refractivity (Wildman–Crippen MR) is 81.4 cm³/mol. The Kier molecular flexibility index (Phi) is 5.20. The number of aromatic nitrogens is 1. The van der Waals surface area contributed by atoms with Gasteiger partial charge in [-0.05, 0) is 19.5 Å². The molecule has 110 valence electrons. The van der Waals surface area contributed by atoms with E-state index in [4.69, 9.17) is 11.6 Å². The number of carbonyl (C=O) groups is 1. The molecule has 2 heterocycles. The first-order chi connectivity index (χ1) is 9.61. The van der Waals surface area contributed by atoms with Crippen LogP contribution >= 0.6 is 11.6 Å². The van der Waals surface area contributed by atoms with Crippen molar-refractivity contribution in [3.8, 4) is 0 Å². The number of anilines is 1. The normalized spacial score (nSPS) is 16.2. The minimum Gasteiger partial charge on any atom is -0.370 e. The average molecular weight is 297 g/mol. The molecule has 1 aromatic rings. The van der Waals surface area contributed by atoms with Crippen LogP contribution in [-0.2, 0) is 0 Å². The summed E-state index contributed by atoms with van der Waals surface area (Å²) in [5.74, 6) is 0.693. The molecule has 1 saturated heterocycles. The van der Waals surface area contributed by atoms with Crippen LogP contribution < -0.4 is 5.32 Å². The molecular formula is C14H21ClN4O. The molecule has 0 aliphatic carbocycles. The zero-order valence-corrected chi connectivity index (χ0v) is 12.8. The molecule has 0 saturated carbocycles. The molecule has 0 radical (unpaired) electrons. The molecule has 20 heavy (non-hydrogen) atoms. The van der Waals surface area contributed by atoms with E-state index in [-0.39, 0.29) is 5.91 Å². The second-order valence-corrected chi connectivity index (χ2v) is 5.48. The van der Waals surface area contributed by atoms with E-state index >= 15 is 0 Å². The zero-order chi connectivity index (χ0) is 14.5. The highest BCUT2D eigenvalue weighted by molar-refractivity contribution is 6.33. The minimum atomic E-state index is -0.00921. The van der Waals surface area contributed by atoms with Gasteiger partial charge in [0.15, 0.2) is 0 Å². The van der Waals surface area contributed by atoms with Crippen molar-refractivity contribution in [2.45, 2.75) is 13.3 Å².